The lowest BCUT2D eigenvalue weighted by Crippen LogP contribution is -2.41. The van der Waals surface area contributed by atoms with Gasteiger partial charge >= 0.3 is 0 Å². The molecule has 1 heterocycles. The van der Waals surface area contributed by atoms with Crippen molar-refractivity contribution in [3.63, 3.8) is 0 Å². The molecule has 1 aromatic carbocycles. The minimum atomic E-state index is -2.42. The van der Waals surface area contributed by atoms with Crippen LogP contribution < -0.4 is 5.73 Å². The molecule has 0 saturated carbocycles. The van der Waals surface area contributed by atoms with Crippen molar-refractivity contribution in [2.45, 2.75) is 37.8 Å². The van der Waals surface area contributed by atoms with Crippen molar-refractivity contribution >= 4 is 0 Å². The van der Waals surface area contributed by atoms with E-state index in [1.165, 1.54) is 12.1 Å². The molecule has 2 rings (SSSR count). The molecule has 118 valence electrons. The molecular weight excluding hydrogens is 274 g/mol. The molecular formula is C16H24F2N2O. The van der Waals surface area contributed by atoms with E-state index in [4.69, 9.17) is 10.5 Å². The number of halogens is 2. The van der Waals surface area contributed by atoms with Crippen molar-refractivity contribution < 1.29 is 13.5 Å². The molecule has 0 bridgehead atoms. The first-order chi connectivity index (χ1) is 10.1. The Kier molecular flexibility index (Phi) is 6.08. The normalized spacial score (nSPS) is 24.2. The summed E-state index contributed by atoms with van der Waals surface area (Å²) >= 11 is 0. The Morgan fingerprint density at radius 2 is 2.00 bits per heavy atom. The van der Waals surface area contributed by atoms with Crippen molar-refractivity contribution in [3.05, 3.63) is 35.4 Å². The van der Waals surface area contributed by atoms with Gasteiger partial charge in [0.1, 0.15) is 0 Å². The number of hydrogen-bond donors (Lipinski definition) is 1. The molecule has 1 fully saturated rings. The lowest BCUT2D eigenvalue weighted by Gasteiger charge is -2.33. The number of methoxy groups -OCH3 is 1. The van der Waals surface area contributed by atoms with Gasteiger partial charge in [0.05, 0.1) is 6.61 Å². The Balaban J connectivity index is 2.20. The van der Waals surface area contributed by atoms with Gasteiger partial charge < -0.3 is 10.5 Å². The van der Waals surface area contributed by atoms with Crippen LogP contribution in [0.1, 0.15) is 42.9 Å². The summed E-state index contributed by atoms with van der Waals surface area (Å²) in [4.78, 5) is 2.32. The van der Waals surface area contributed by atoms with Crippen LogP contribution in [0.25, 0.3) is 0 Å². The summed E-state index contributed by atoms with van der Waals surface area (Å²) in [7, 11) is 1.68. The van der Waals surface area contributed by atoms with E-state index in [2.05, 4.69) is 4.90 Å². The van der Waals surface area contributed by atoms with E-state index in [0.717, 1.165) is 37.9 Å². The van der Waals surface area contributed by atoms with Crippen LogP contribution in [0.15, 0.2) is 24.3 Å². The van der Waals surface area contributed by atoms with Crippen molar-refractivity contribution in [3.8, 4) is 0 Å². The Labute approximate surface area is 125 Å². The molecule has 1 aliphatic rings. The van der Waals surface area contributed by atoms with Crippen LogP contribution in [0.2, 0.25) is 0 Å². The smallest absolute Gasteiger partial charge is 0.263 e. The third-order valence-electron chi connectivity index (χ3n) is 4.14. The Morgan fingerprint density at radius 3 is 2.62 bits per heavy atom. The molecule has 1 saturated heterocycles. The van der Waals surface area contributed by atoms with Crippen molar-refractivity contribution in [1.82, 2.24) is 4.90 Å². The first-order valence-corrected chi connectivity index (χ1v) is 7.50. The van der Waals surface area contributed by atoms with Crippen LogP contribution in [0, 0.1) is 0 Å². The van der Waals surface area contributed by atoms with Gasteiger partial charge in [-0.05, 0) is 24.9 Å². The number of rotatable bonds is 5. The topological polar surface area (TPSA) is 38.5 Å². The molecule has 0 aromatic heterocycles. The first kappa shape index (κ1) is 16.3. The van der Waals surface area contributed by atoms with Crippen LogP contribution in [0.5, 0.6) is 0 Å². The summed E-state index contributed by atoms with van der Waals surface area (Å²) in [5.41, 5.74) is 7.42. The second kappa shape index (κ2) is 7.82. The minimum absolute atomic E-state index is 0.0294. The maximum atomic E-state index is 12.7. The number of benzene rings is 1. The molecule has 3 nitrogen and oxygen atoms in total. The maximum Gasteiger partial charge on any atom is 0.263 e. The predicted molar refractivity (Wildman–Crippen MR) is 79.4 cm³/mol. The molecule has 0 radical (unpaired) electrons. The Hall–Kier alpha value is -1.04. The van der Waals surface area contributed by atoms with Crippen LogP contribution in [-0.4, -0.2) is 37.7 Å². The lowest BCUT2D eigenvalue weighted by molar-refractivity contribution is 0.115. The molecule has 21 heavy (non-hydrogen) atoms. The quantitative estimate of drug-likeness (QED) is 0.907. The fourth-order valence-corrected chi connectivity index (χ4v) is 3.02. The van der Waals surface area contributed by atoms with Crippen LogP contribution >= 0.6 is 0 Å². The zero-order valence-corrected chi connectivity index (χ0v) is 12.5. The average molecular weight is 298 g/mol. The van der Waals surface area contributed by atoms with E-state index < -0.39 is 6.43 Å². The summed E-state index contributed by atoms with van der Waals surface area (Å²) in [6.45, 7) is 2.43. The minimum Gasteiger partial charge on any atom is -0.383 e. The summed E-state index contributed by atoms with van der Waals surface area (Å²) in [6.07, 6.45) is 0.760. The Bertz CT molecular complexity index is 425. The van der Waals surface area contributed by atoms with Gasteiger partial charge in [0.15, 0.2) is 0 Å². The van der Waals surface area contributed by atoms with Crippen LogP contribution in [0.3, 0.4) is 0 Å². The largest absolute Gasteiger partial charge is 0.383 e. The molecule has 1 aliphatic heterocycles. The highest BCUT2D eigenvalue weighted by atomic mass is 19.3. The monoisotopic (exact) mass is 298 g/mol. The molecule has 2 atom stereocenters. The maximum absolute atomic E-state index is 12.7. The van der Waals surface area contributed by atoms with Gasteiger partial charge in [-0.25, -0.2) is 8.78 Å². The van der Waals surface area contributed by atoms with Crippen LogP contribution in [-0.2, 0) is 4.74 Å². The lowest BCUT2D eigenvalue weighted by atomic mass is 9.95. The average Bonchev–Trinajstić information content (AvgIpc) is 2.66. The molecule has 0 spiro atoms. The van der Waals surface area contributed by atoms with Crippen molar-refractivity contribution in [1.29, 1.82) is 0 Å². The third kappa shape index (κ3) is 4.22. The van der Waals surface area contributed by atoms with E-state index >= 15 is 0 Å². The van der Waals surface area contributed by atoms with E-state index in [1.54, 1.807) is 19.2 Å². The number of nitrogens with zero attached hydrogens (tertiary/aromatic N) is 1. The molecule has 0 amide bonds. The number of alkyl halides is 2. The van der Waals surface area contributed by atoms with Crippen LogP contribution in [0.4, 0.5) is 8.78 Å². The Morgan fingerprint density at radius 1 is 1.29 bits per heavy atom. The van der Waals surface area contributed by atoms with E-state index in [1.807, 2.05) is 0 Å². The third-order valence-corrected chi connectivity index (χ3v) is 4.14. The van der Waals surface area contributed by atoms with E-state index in [0.29, 0.717) is 6.61 Å². The highest BCUT2D eigenvalue weighted by Crippen LogP contribution is 2.30. The number of ether oxygens (including phenoxy) is 1. The van der Waals surface area contributed by atoms with Crippen molar-refractivity contribution in [2.24, 2.45) is 5.73 Å². The molecule has 5 heteroatoms. The fraction of sp³-hybridized carbons (Fsp3) is 0.625. The summed E-state index contributed by atoms with van der Waals surface area (Å²) < 4.78 is 30.5. The highest BCUT2D eigenvalue weighted by Gasteiger charge is 2.28. The standard InChI is InChI=1S/C16H24F2N2O/c1-21-11-10-20-9-3-2-4-14(19)15(20)12-5-7-13(8-6-12)16(17)18/h5-8,14-16H,2-4,9-11,19H2,1H3. The number of hydrogen-bond acceptors (Lipinski definition) is 3. The summed E-state index contributed by atoms with van der Waals surface area (Å²) in [5, 5.41) is 0. The molecule has 2 N–H and O–H groups in total. The zero-order valence-electron chi connectivity index (χ0n) is 12.5. The number of nitrogens with two attached hydrogens (primary N) is 1. The molecule has 1 aromatic rings. The fourth-order valence-electron chi connectivity index (χ4n) is 3.02. The summed E-state index contributed by atoms with van der Waals surface area (Å²) in [6, 6.07) is 6.70. The second-order valence-electron chi connectivity index (χ2n) is 5.60. The summed E-state index contributed by atoms with van der Waals surface area (Å²) in [5.74, 6) is 0. The van der Waals surface area contributed by atoms with Gasteiger partial charge in [0.2, 0.25) is 0 Å². The van der Waals surface area contributed by atoms with Gasteiger partial charge in [0.25, 0.3) is 6.43 Å². The van der Waals surface area contributed by atoms with Gasteiger partial charge in [-0.2, -0.15) is 0 Å². The van der Waals surface area contributed by atoms with Crippen molar-refractivity contribution in [2.75, 3.05) is 26.8 Å². The second-order valence-corrected chi connectivity index (χ2v) is 5.60. The first-order valence-electron chi connectivity index (χ1n) is 7.50. The van der Waals surface area contributed by atoms with E-state index in [-0.39, 0.29) is 17.6 Å². The van der Waals surface area contributed by atoms with Gasteiger partial charge in [-0.3, -0.25) is 4.90 Å². The highest BCUT2D eigenvalue weighted by molar-refractivity contribution is 5.27. The molecule has 2 unspecified atom stereocenters. The SMILES string of the molecule is COCCN1CCCCC(N)C1c1ccc(C(F)F)cc1. The zero-order chi connectivity index (χ0) is 15.2. The van der Waals surface area contributed by atoms with Gasteiger partial charge in [0, 0.05) is 31.3 Å². The van der Waals surface area contributed by atoms with Gasteiger partial charge in [-0.15, -0.1) is 0 Å². The van der Waals surface area contributed by atoms with Gasteiger partial charge in [-0.1, -0.05) is 30.7 Å². The molecule has 0 aliphatic carbocycles. The number of likely N-dealkylation sites (tertiary alicyclic amines) is 1. The van der Waals surface area contributed by atoms with E-state index in [9.17, 15) is 8.78 Å². The predicted octanol–water partition coefficient (Wildman–Crippen LogP) is 3.12.